The van der Waals surface area contributed by atoms with Gasteiger partial charge in [0.15, 0.2) is 0 Å². The van der Waals surface area contributed by atoms with E-state index in [4.69, 9.17) is 14.2 Å². The minimum Gasteiger partial charge on any atom is -0.497 e. The van der Waals surface area contributed by atoms with E-state index in [-0.39, 0.29) is 18.6 Å². The summed E-state index contributed by atoms with van der Waals surface area (Å²) in [5, 5.41) is 0. The van der Waals surface area contributed by atoms with Crippen molar-refractivity contribution in [3.05, 3.63) is 125 Å². The molecule has 0 unspecified atom stereocenters. The summed E-state index contributed by atoms with van der Waals surface area (Å²) in [6.07, 6.45) is 0. The van der Waals surface area contributed by atoms with Crippen LogP contribution in [0.25, 0.3) is 0 Å². The van der Waals surface area contributed by atoms with E-state index in [1.165, 1.54) is 11.1 Å². The maximum absolute atomic E-state index is 13.5. The van der Waals surface area contributed by atoms with Crippen molar-refractivity contribution in [3.63, 3.8) is 0 Å². The van der Waals surface area contributed by atoms with Gasteiger partial charge in [0.2, 0.25) is 0 Å². The Morgan fingerprint density at radius 1 is 0.718 bits per heavy atom. The summed E-state index contributed by atoms with van der Waals surface area (Å²) < 4.78 is 16.8. The maximum atomic E-state index is 13.5. The number of carbonyl (C=O) groups is 1. The van der Waals surface area contributed by atoms with Crippen molar-refractivity contribution in [1.82, 2.24) is 9.80 Å². The summed E-state index contributed by atoms with van der Waals surface area (Å²) in [5.41, 5.74) is 3.98. The third-order valence-corrected chi connectivity index (χ3v) is 7.16. The highest BCUT2D eigenvalue weighted by atomic mass is 16.5. The molecule has 0 saturated carbocycles. The monoisotopic (exact) mass is 522 g/mol. The highest BCUT2D eigenvalue weighted by Crippen LogP contribution is 2.30. The van der Waals surface area contributed by atoms with Crippen molar-refractivity contribution in [3.8, 4) is 17.2 Å². The van der Waals surface area contributed by atoms with Crippen LogP contribution in [0.15, 0.2) is 103 Å². The molecule has 1 heterocycles. The van der Waals surface area contributed by atoms with Gasteiger partial charge >= 0.3 is 0 Å². The van der Waals surface area contributed by atoms with Gasteiger partial charge < -0.3 is 19.1 Å². The Kier molecular flexibility index (Phi) is 8.44. The number of hydrogen-bond acceptors (Lipinski definition) is 5. The summed E-state index contributed by atoms with van der Waals surface area (Å²) in [6.45, 7) is 3.19. The number of benzene rings is 4. The van der Waals surface area contributed by atoms with Crippen LogP contribution in [-0.4, -0.2) is 56.1 Å². The number of piperazine rings is 1. The fraction of sp³-hybridized carbons (Fsp3) is 0.242. The van der Waals surface area contributed by atoms with Gasteiger partial charge in [0.1, 0.15) is 23.9 Å². The molecule has 4 aromatic carbocycles. The highest BCUT2D eigenvalue weighted by molar-refractivity contribution is 5.94. The van der Waals surface area contributed by atoms with Gasteiger partial charge in [-0.25, -0.2) is 0 Å². The predicted molar refractivity (Wildman–Crippen MR) is 153 cm³/mol. The Morgan fingerprint density at radius 2 is 1.36 bits per heavy atom. The number of carbonyl (C=O) groups excluding carboxylic acids is 1. The van der Waals surface area contributed by atoms with Crippen molar-refractivity contribution in [1.29, 1.82) is 0 Å². The fourth-order valence-corrected chi connectivity index (χ4v) is 5.13. The SMILES string of the molecule is COc1cccc(OCc2cc(C(=O)N3CCN(C(c4ccccc4)c4ccccc4)CC3)ccc2OC)c1. The summed E-state index contributed by atoms with van der Waals surface area (Å²) in [5.74, 6) is 2.13. The molecule has 4 aromatic rings. The van der Waals surface area contributed by atoms with Crippen LogP contribution in [0.1, 0.15) is 33.1 Å². The molecule has 0 bridgehead atoms. The van der Waals surface area contributed by atoms with E-state index in [9.17, 15) is 4.79 Å². The average molecular weight is 523 g/mol. The Balaban J connectivity index is 1.28. The van der Waals surface area contributed by atoms with Crippen molar-refractivity contribution < 1.29 is 19.0 Å². The molecule has 1 saturated heterocycles. The molecule has 1 fully saturated rings. The Hall–Kier alpha value is -4.29. The number of hydrogen-bond donors (Lipinski definition) is 0. The van der Waals surface area contributed by atoms with Gasteiger partial charge in [0.25, 0.3) is 5.91 Å². The van der Waals surface area contributed by atoms with Crippen LogP contribution in [-0.2, 0) is 6.61 Å². The van der Waals surface area contributed by atoms with Crippen LogP contribution in [0.4, 0.5) is 0 Å². The second-order valence-electron chi connectivity index (χ2n) is 9.55. The summed E-state index contributed by atoms with van der Waals surface area (Å²) in [7, 11) is 3.25. The van der Waals surface area contributed by atoms with Gasteiger partial charge in [-0.05, 0) is 41.5 Å². The van der Waals surface area contributed by atoms with E-state index in [1.54, 1.807) is 14.2 Å². The molecule has 1 aliphatic heterocycles. The van der Waals surface area contributed by atoms with Crippen LogP contribution in [0.5, 0.6) is 17.2 Å². The molecule has 0 spiro atoms. The summed E-state index contributed by atoms with van der Waals surface area (Å²) in [4.78, 5) is 17.9. The van der Waals surface area contributed by atoms with E-state index >= 15 is 0 Å². The van der Waals surface area contributed by atoms with Gasteiger partial charge in [-0.1, -0.05) is 66.7 Å². The smallest absolute Gasteiger partial charge is 0.253 e. The van der Waals surface area contributed by atoms with Crippen molar-refractivity contribution in [2.24, 2.45) is 0 Å². The van der Waals surface area contributed by atoms with Crippen LogP contribution in [0.3, 0.4) is 0 Å². The lowest BCUT2D eigenvalue weighted by Crippen LogP contribution is -2.49. The first-order valence-corrected chi connectivity index (χ1v) is 13.2. The largest absolute Gasteiger partial charge is 0.497 e. The molecular weight excluding hydrogens is 488 g/mol. The van der Waals surface area contributed by atoms with Gasteiger partial charge in [-0.15, -0.1) is 0 Å². The third kappa shape index (κ3) is 6.24. The maximum Gasteiger partial charge on any atom is 0.253 e. The van der Waals surface area contributed by atoms with Gasteiger partial charge in [0.05, 0.1) is 20.3 Å². The molecule has 39 heavy (non-hydrogen) atoms. The lowest BCUT2D eigenvalue weighted by atomic mass is 9.96. The van der Waals surface area contributed by atoms with Gasteiger partial charge in [-0.3, -0.25) is 9.69 Å². The minimum atomic E-state index is 0.0240. The number of rotatable bonds is 9. The van der Waals surface area contributed by atoms with Crippen molar-refractivity contribution in [2.45, 2.75) is 12.6 Å². The van der Waals surface area contributed by atoms with E-state index in [0.717, 1.165) is 24.4 Å². The number of amides is 1. The van der Waals surface area contributed by atoms with Crippen LogP contribution < -0.4 is 14.2 Å². The van der Waals surface area contributed by atoms with Crippen molar-refractivity contribution in [2.75, 3.05) is 40.4 Å². The molecule has 1 amide bonds. The summed E-state index contributed by atoms with van der Waals surface area (Å²) in [6, 6.07) is 34.3. The zero-order chi connectivity index (χ0) is 27.0. The molecule has 0 radical (unpaired) electrons. The lowest BCUT2D eigenvalue weighted by Gasteiger charge is -2.40. The quantitative estimate of drug-likeness (QED) is 0.277. The second kappa shape index (κ2) is 12.5. The van der Waals surface area contributed by atoms with E-state index in [0.29, 0.717) is 30.2 Å². The van der Waals surface area contributed by atoms with Gasteiger partial charge in [-0.2, -0.15) is 0 Å². The highest BCUT2D eigenvalue weighted by Gasteiger charge is 2.28. The van der Waals surface area contributed by atoms with Crippen molar-refractivity contribution >= 4 is 5.91 Å². The minimum absolute atomic E-state index is 0.0240. The molecule has 0 aromatic heterocycles. The number of methoxy groups -OCH3 is 2. The second-order valence-corrected chi connectivity index (χ2v) is 9.55. The first kappa shape index (κ1) is 26.3. The van der Waals surface area contributed by atoms with Gasteiger partial charge in [0, 0.05) is 43.4 Å². The number of ether oxygens (including phenoxy) is 3. The number of nitrogens with zero attached hydrogens (tertiary/aromatic N) is 2. The Labute approximate surface area is 230 Å². The topological polar surface area (TPSA) is 51.2 Å². The molecule has 5 rings (SSSR count). The zero-order valence-corrected chi connectivity index (χ0v) is 22.5. The zero-order valence-electron chi connectivity index (χ0n) is 22.5. The Morgan fingerprint density at radius 3 is 1.97 bits per heavy atom. The fourth-order valence-electron chi connectivity index (χ4n) is 5.13. The normalized spacial score (nSPS) is 13.8. The van der Waals surface area contributed by atoms with E-state index < -0.39 is 0 Å². The first-order valence-electron chi connectivity index (χ1n) is 13.2. The molecule has 6 heteroatoms. The molecule has 200 valence electrons. The standard InChI is InChI=1S/C33H34N2O4/c1-37-29-14-9-15-30(23-29)39-24-28-22-27(16-17-31(28)38-2)33(36)35-20-18-34(19-21-35)32(25-10-5-3-6-11-25)26-12-7-4-8-13-26/h3-17,22-23,32H,18-21,24H2,1-2H3. The average Bonchev–Trinajstić information content (AvgIpc) is 3.01. The van der Waals surface area contributed by atoms with Crippen LogP contribution in [0, 0.1) is 0 Å². The van der Waals surface area contributed by atoms with E-state index in [2.05, 4.69) is 53.4 Å². The molecule has 6 nitrogen and oxygen atoms in total. The molecule has 0 atom stereocenters. The molecule has 1 aliphatic rings. The Bertz CT molecular complexity index is 1330. The third-order valence-electron chi connectivity index (χ3n) is 7.16. The van der Waals surface area contributed by atoms with Crippen LogP contribution in [0.2, 0.25) is 0 Å². The molecular formula is C33H34N2O4. The summed E-state index contributed by atoms with van der Waals surface area (Å²) >= 11 is 0. The first-order chi connectivity index (χ1) is 19.2. The predicted octanol–water partition coefficient (Wildman–Crippen LogP) is 5.83. The lowest BCUT2D eigenvalue weighted by molar-refractivity contribution is 0.0597. The molecule has 0 N–H and O–H groups in total. The van der Waals surface area contributed by atoms with Crippen LogP contribution >= 0.6 is 0 Å². The molecule has 0 aliphatic carbocycles. The van der Waals surface area contributed by atoms with E-state index in [1.807, 2.05) is 59.5 Å².